The van der Waals surface area contributed by atoms with Crippen LogP contribution in [0.5, 0.6) is 5.75 Å². The highest BCUT2D eigenvalue weighted by molar-refractivity contribution is 6.08. The summed E-state index contributed by atoms with van der Waals surface area (Å²) in [4.78, 5) is 30.9. The Morgan fingerprint density at radius 1 is 0.969 bits per heavy atom. The average molecular weight is 447 g/mol. The second-order valence-electron chi connectivity index (χ2n) is 9.48. The van der Waals surface area contributed by atoms with E-state index in [0.717, 1.165) is 22.8 Å². The fraction of sp³-hybridized carbons (Fsp3) is 0.565. The molecule has 0 N–H and O–H groups in total. The van der Waals surface area contributed by atoms with E-state index in [2.05, 4.69) is 10.1 Å². The lowest BCUT2D eigenvalue weighted by molar-refractivity contribution is 0.0429. The highest BCUT2D eigenvalue weighted by atomic mass is 16.6. The first-order valence-corrected chi connectivity index (χ1v) is 10.6. The molecular weight excluding hydrogens is 412 g/mol. The number of nitrogens with zero attached hydrogens (tertiary/aromatic N) is 4. The molecular formula is C23H34N4O5. The predicted octanol–water partition coefficient (Wildman–Crippen LogP) is 5.17. The first-order valence-electron chi connectivity index (χ1n) is 10.6. The molecule has 0 aromatic carbocycles. The molecule has 32 heavy (non-hydrogen) atoms. The summed E-state index contributed by atoms with van der Waals surface area (Å²) in [6.45, 7) is 17.0. The maximum Gasteiger partial charge on any atom is 0.425 e. The number of amides is 2. The second kappa shape index (κ2) is 9.58. The van der Waals surface area contributed by atoms with Gasteiger partial charge >= 0.3 is 12.2 Å². The van der Waals surface area contributed by atoms with E-state index in [0.29, 0.717) is 11.4 Å². The highest BCUT2D eigenvalue weighted by Crippen LogP contribution is 2.25. The van der Waals surface area contributed by atoms with Crippen molar-refractivity contribution in [2.24, 2.45) is 0 Å². The number of aromatic nitrogens is 3. The van der Waals surface area contributed by atoms with Crippen LogP contribution in [0.3, 0.4) is 0 Å². The molecule has 0 saturated carbocycles. The van der Waals surface area contributed by atoms with Crippen LogP contribution in [0.2, 0.25) is 0 Å². The lowest BCUT2D eigenvalue weighted by Crippen LogP contribution is -2.44. The van der Waals surface area contributed by atoms with Crippen LogP contribution in [0, 0.1) is 13.8 Å². The standard InChI is InChI=1S/C23H34N4O5/c1-10-26-16(3)12-17(25-26)14-30-18-11-15(2)24-19(13-18)27(20(28)31-22(4,5)6)21(29)32-23(7,8)9/h11-13H,10,14H2,1-9H3. The van der Waals surface area contributed by atoms with Gasteiger partial charge in [-0.25, -0.2) is 14.6 Å². The molecule has 2 rings (SSSR count). The van der Waals surface area contributed by atoms with Gasteiger partial charge in [0.1, 0.15) is 29.3 Å². The SMILES string of the molecule is CCn1nc(COc2cc(C)nc(N(C(=O)OC(C)(C)C)C(=O)OC(C)(C)C)c2)cc1C. The Bertz CT molecular complexity index is 942. The van der Waals surface area contributed by atoms with Crippen molar-refractivity contribution in [3.63, 3.8) is 0 Å². The minimum Gasteiger partial charge on any atom is -0.487 e. The zero-order valence-corrected chi connectivity index (χ0v) is 20.5. The second-order valence-corrected chi connectivity index (χ2v) is 9.48. The fourth-order valence-electron chi connectivity index (χ4n) is 2.82. The smallest absolute Gasteiger partial charge is 0.425 e. The minimum atomic E-state index is -0.881. The molecule has 176 valence electrons. The third-order valence-corrected chi connectivity index (χ3v) is 4.01. The summed E-state index contributed by atoms with van der Waals surface area (Å²) in [5.41, 5.74) is 0.757. The summed E-state index contributed by atoms with van der Waals surface area (Å²) >= 11 is 0. The predicted molar refractivity (Wildman–Crippen MR) is 121 cm³/mol. The number of anilines is 1. The van der Waals surface area contributed by atoms with Crippen LogP contribution in [0.1, 0.15) is 65.5 Å². The van der Waals surface area contributed by atoms with Crippen LogP contribution < -0.4 is 9.64 Å². The molecule has 0 saturated heterocycles. The Balaban J connectivity index is 2.34. The molecule has 0 aliphatic heterocycles. The van der Waals surface area contributed by atoms with E-state index < -0.39 is 23.4 Å². The van der Waals surface area contributed by atoms with Crippen molar-refractivity contribution in [1.29, 1.82) is 0 Å². The summed E-state index contributed by atoms with van der Waals surface area (Å²) in [5.74, 6) is 0.493. The molecule has 0 spiro atoms. The van der Waals surface area contributed by atoms with E-state index >= 15 is 0 Å². The number of hydrogen-bond donors (Lipinski definition) is 0. The van der Waals surface area contributed by atoms with Gasteiger partial charge in [-0.2, -0.15) is 10.00 Å². The Morgan fingerprint density at radius 2 is 1.53 bits per heavy atom. The van der Waals surface area contributed by atoms with E-state index in [9.17, 15) is 9.59 Å². The van der Waals surface area contributed by atoms with Crippen LogP contribution in [0.15, 0.2) is 18.2 Å². The van der Waals surface area contributed by atoms with Crippen molar-refractivity contribution < 1.29 is 23.8 Å². The summed E-state index contributed by atoms with van der Waals surface area (Å²) in [6, 6.07) is 5.17. The summed E-state index contributed by atoms with van der Waals surface area (Å²) in [7, 11) is 0. The van der Waals surface area contributed by atoms with Crippen LogP contribution in [-0.4, -0.2) is 38.2 Å². The molecule has 9 heteroatoms. The van der Waals surface area contributed by atoms with E-state index in [1.165, 1.54) is 6.07 Å². The molecule has 0 bridgehead atoms. The van der Waals surface area contributed by atoms with Gasteiger partial charge < -0.3 is 14.2 Å². The molecule has 0 unspecified atom stereocenters. The van der Waals surface area contributed by atoms with Gasteiger partial charge in [0.2, 0.25) is 0 Å². The van der Waals surface area contributed by atoms with Crippen molar-refractivity contribution >= 4 is 18.0 Å². The van der Waals surface area contributed by atoms with E-state index in [-0.39, 0.29) is 12.4 Å². The number of ether oxygens (including phenoxy) is 3. The number of aryl methyl sites for hydroxylation is 3. The van der Waals surface area contributed by atoms with E-state index in [4.69, 9.17) is 14.2 Å². The average Bonchev–Trinajstić information content (AvgIpc) is 2.96. The summed E-state index contributed by atoms with van der Waals surface area (Å²) in [6.07, 6.45) is -1.76. The maximum atomic E-state index is 12.9. The van der Waals surface area contributed by atoms with E-state index in [1.807, 2.05) is 24.6 Å². The third-order valence-electron chi connectivity index (χ3n) is 4.01. The number of carbonyl (C=O) groups is 2. The molecule has 0 atom stereocenters. The van der Waals surface area contributed by atoms with E-state index in [1.54, 1.807) is 54.5 Å². The number of rotatable bonds is 5. The van der Waals surface area contributed by atoms with Gasteiger partial charge in [0.15, 0.2) is 5.82 Å². The number of imide groups is 1. The van der Waals surface area contributed by atoms with Crippen LogP contribution in [-0.2, 0) is 22.6 Å². The topological polar surface area (TPSA) is 95.8 Å². The minimum absolute atomic E-state index is 0.0544. The first-order chi connectivity index (χ1) is 14.7. The normalized spacial score (nSPS) is 11.8. The summed E-state index contributed by atoms with van der Waals surface area (Å²) < 4.78 is 18.6. The molecule has 0 aliphatic carbocycles. The number of carbonyl (C=O) groups excluding carboxylic acids is 2. The Labute approximate surface area is 189 Å². The lowest BCUT2D eigenvalue weighted by Gasteiger charge is -2.28. The maximum absolute atomic E-state index is 12.9. The van der Waals surface area contributed by atoms with Crippen molar-refractivity contribution in [2.75, 3.05) is 4.90 Å². The Hall–Kier alpha value is -3.10. The molecule has 9 nitrogen and oxygen atoms in total. The monoisotopic (exact) mass is 446 g/mol. The molecule has 0 fully saturated rings. The quantitative estimate of drug-likeness (QED) is 0.625. The van der Waals surface area contributed by atoms with Gasteiger partial charge in [0.05, 0.1) is 0 Å². The molecule has 0 aliphatic rings. The zero-order chi connectivity index (χ0) is 24.3. The number of pyridine rings is 1. The molecule has 2 amide bonds. The fourth-order valence-corrected chi connectivity index (χ4v) is 2.82. The Kier molecular flexibility index (Phi) is 7.54. The lowest BCUT2D eigenvalue weighted by atomic mass is 10.2. The van der Waals surface area contributed by atoms with Crippen molar-refractivity contribution in [2.45, 2.75) is 86.7 Å². The van der Waals surface area contributed by atoms with Crippen LogP contribution in [0.25, 0.3) is 0 Å². The van der Waals surface area contributed by atoms with Gasteiger partial charge in [0.25, 0.3) is 0 Å². The van der Waals surface area contributed by atoms with Crippen LogP contribution >= 0.6 is 0 Å². The summed E-state index contributed by atoms with van der Waals surface area (Å²) in [5, 5.41) is 4.48. The van der Waals surface area contributed by atoms with Crippen molar-refractivity contribution in [1.82, 2.24) is 14.8 Å². The van der Waals surface area contributed by atoms with Crippen molar-refractivity contribution in [3.05, 3.63) is 35.3 Å². The highest BCUT2D eigenvalue weighted by Gasteiger charge is 2.34. The molecule has 0 radical (unpaired) electrons. The van der Waals surface area contributed by atoms with Gasteiger partial charge in [-0.15, -0.1) is 0 Å². The van der Waals surface area contributed by atoms with Crippen LogP contribution in [0.4, 0.5) is 15.4 Å². The zero-order valence-electron chi connectivity index (χ0n) is 20.5. The first kappa shape index (κ1) is 25.2. The number of hydrogen-bond acceptors (Lipinski definition) is 7. The molecule has 2 aromatic rings. The molecule has 2 heterocycles. The largest absolute Gasteiger partial charge is 0.487 e. The van der Waals surface area contributed by atoms with Gasteiger partial charge in [-0.05, 0) is 68.4 Å². The molecule has 2 aromatic heterocycles. The van der Waals surface area contributed by atoms with Gasteiger partial charge in [0, 0.05) is 30.1 Å². The third kappa shape index (κ3) is 7.25. The van der Waals surface area contributed by atoms with Gasteiger partial charge in [-0.3, -0.25) is 4.68 Å². The Morgan fingerprint density at radius 3 is 2.00 bits per heavy atom. The van der Waals surface area contributed by atoms with Crippen molar-refractivity contribution in [3.8, 4) is 5.75 Å². The van der Waals surface area contributed by atoms with Gasteiger partial charge in [-0.1, -0.05) is 0 Å².